The van der Waals surface area contributed by atoms with E-state index in [0.717, 1.165) is 0 Å². The summed E-state index contributed by atoms with van der Waals surface area (Å²) < 4.78 is 5.25. The van der Waals surface area contributed by atoms with Crippen molar-refractivity contribution in [2.45, 2.75) is 0 Å². The molecule has 2 aromatic rings. The van der Waals surface area contributed by atoms with Crippen molar-refractivity contribution in [2.24, 2.45) is 0 Å². The maximum Gasteiger partial charge on any atom is 0.262 e. The molecule has 2 aromatic carbocycles. The highest BCUT2D eigenvalue weighted by Crippen LogP contribution is 2.29. The predicted octanol–water partition coefficient (Wildman–Crippen LogP) is 1.83. The number of ketones is 1. The van der Waals surface area contributed by atoms with Gasteiger partial charge in [0.25, 0.3) is 5.91 Å². The Balaban J connectivity index is 1.97. The summed E-state index contributed by atoms with van der Waals surface area (Å²) in [5, 5.41) is 2.68. The molecule has 0 spiro atoms. The minimum absolute atomic E-state index is 0.00445. The predicted molar refractivity (Wildman–Crippen MR) is 74.9 cm³/mol. The van der Waals surface area contributed by atoms with E-state index >= 15 is 0 Å². The van der Waals surface area contributed by atoms with E-state index in [1.165, 1.54) is 0 Å². The highest BCUT2D eigenvalue weighted by molar-refractivity contribution is 6.10. The van der Waals surface area contributed by atoms with Crippen molar-refractivity contribution < 1.29 is 14.3 Å². The zero-order chi connectivity index (χ0) is 14.1. The molecular weight excluding hydrogens is 256 g/mol. The number of amides is 1. The first-order valence-corrected chi connectivity index (χ1v) is 6.10. The van der Waals surface area contributed by atoms with Crippen molar-refractivity contribution in [3.63, 3.8) is 0 Å². The van der Waals surface area contributed by atoms with E-state index in [-0.39, 0.29) is 18.3 Å². The molecule has 0 aliphatic carbocycles. The van der Waals surface area contributed by atoms with Crippen LogP contribution in [0.1, 0.15) is 15.9 Å². The van der Waals surface area contributed by atoms with Crippen molar-refractivity contribution >= 4 is 23.1 Å². The van der Waals surface area contributed by atoms with Gasteiger partial charge >= 0.3 is 0 Å². The quantitative estimate of drug-likeness (QED) is 0.643. The van der Waals surface area contributed by atoms with Crippen LogP contribution < -0.4 is 15.8 Å². The molecule has 3 rings (SSSR count). The first-order valence-electron chi connectivity index (χ1n) is 6.10. The molecule has 1 aliphatic rings. The topological polar surface area (TPSA) is 81.4 Å². The van der Waals surface area contributed by atoms with Crippen molar-refractivity contribution in [3.8, 4) is 5.75 Å². The number of fused-ring (bicyclic) bond motifs is 1. The van der Waals surface area contributed by atoms with Gasteiger partial charge < -0.3 is 15.8 Å². The van der Waals surface area contributed by atoms with Gasteiger partial charge in [0, 0.05) is 16.8 Å². The van der Waals surface area contributed by atoms with Gasteiger partial charge in [-0.3, -0.25) is 9.59 Å². The van der Waals surface area contributed by atoms with Gasteiger partial charge in [-0.1, -0.05) is 12.1 Å². The van der Waals surface area contributed by atoms with E-state index in [9.17, 15) is 9.59 Å². The van der Waals surface area contributed by atoms with E-state index in [1.807, 2.05) is 0 Å². The number of nitrogens with two attached hydrogens (primary N) is 1. The number of carbonyl (C=O) groups excluding carboxylic acids is 2. The molecule has 1 heterocycles. The lowest BCUT2D eigenvalue weighted by molar-refractivity contribution is -0.118. The summed E-state index contributed by atoms with van der Waals surface area (Å²) in [7, 11) is 0. The van der Waals surface area contributed by atoms with Crippen molar-refractivity contribution in [1.29, 1.82) is 0 Å². The van der Waals surface area contributed by atoms with E-state index in [4.69, 9.17) is 10.5 Å². The average molecular weight is 268 g/mol. The Morgan fingerprint density at radius 2 is 1.95 bits per heavy atom. The van der Waals surface area contributed by atoms with Gasteiger partial charge in [-0.25, -0.2) is 0 Å². The lowest BCUT2D eigenvalue weighted by atomic mass is 10.0. The molecule has 3 N–H and O–H groups in total. The van der Waals surface area contributed by atoms with Gasteiger partial charge in [0.2, 0.25) is 0 Å². The number of nitrogen functional groups attached to an aromatic ring is 1. The van der Waals surface area contributed by atoms with Crippen molar-refractivity contribution in [2.75, 3.05) is 17.7 Å². The summed E-state index contributed by atoms with van der Waals surface area (Å²) in [5.41, 5.74) is 7.70. The van der Waals surface area contributed by atoms with Crippen molar-refractivity contribution in [3.05, 3.63) is 53.6 Å². The van der Waals surface area contributed by atoms with Crippen LogP contribution in [-0.2, 0) is 4.79 Å². The fraction of sp³-hybridized carbons (Fsp3) is 0.0667. The lowest BCUT2D eigenvalue weighted by Gasteiger charge is -2.18. The second kappa shape index (κ2) is 4.70. The molecule has 0 radical (unpaired) electrons. The molecule has 0 unspecified atom stereocenters. The van der Waals surface area contributed by atoms with Gasteiger partial charge in [0.1, 0.15) is 5.75 Å². The smallest absolute Gasteiger partial charge is 0.262 e. The normalized spacial score (nSPS) is 13.1. The number of carbonyl (C=O) groups is 2. The van der Waals surface area contributed by atoms with Crippen LogP contribution in [-0.4, -0.2) is 18.3 Å². The summed E-state index contributed by atoms with van der Waals surface area (Å²) in [4.78, 5) is 23.6. The van der Waals surface area contributed by atoms with Gasteiger partial charge in [-0.2, -0.15) is 0 Å². The average Bonchev–Trinajstić information content (AvgIpc) is 2.45. The first kappa shape index (κ1) is 12.2. The fourth-order valence-corrected chi connectivity index (χ4v) is 2.07. The van der Waals surface area contributed by atoms with E-state index in [2.05, 4.69) is 5.32 Å². The number of anilines is 2. The highest BCUT2D eigenvalue weighted by Gasteiger charge is 2.18. The number of rotatable bonds is 2. The number of hydrogen-bond donors (Lipinski definition) is 2. The van der Waals surface area contributed by atoms with E-state index in [0.29, 0.717) is 28.3 Å². The Hall–Kier alpha value is -2.82. The molecule has 0 fully saturated rings. The van der Waals surface area contributed by atoms with E-state index < -0.39 is 0 Å². The first-order chi connectivity index (χ1) is 9.63. The third kappa shape index (κ3) is 2.21. The molecule has 5 heteroatoms. The summed E-state index contributed by atoms with van der Waals surface area (Å²) in [6.45, 7) is -0.00445. The minimum Gasteiger partial charge on any atom is -0.482 e. The maximum absolute atomic E-state index is 12.4. The molecule has 0 saturated heterocycles. The van der Waals surface area contributed by atoms with Crippen LogP contribution in [0.25, 0.3) is 0 Å². The SMILES string of the molecule is Nc1cccc(C(=O)c2ccc3c(c2)NC(=O)CO3)c1. The molecule has 0 bridgehead atoms. The van der Waals surface area contributed by atoms with Gasteiger partial charge in [0.15, 0.2) is 12.4 Å². The number of benzene rings is 2. The van der Waals surface area contributed by atoms with Crippen LogP contribution in [0.4, 0.5) is 11.4 Å². The molecule has 5 nitrogen and oxygen atoms in total. The fourth-order valence-electron chi connectivity index (χ4n) is 2.07. The number of hydrogen-bond acceptors (Lipinski definition) is 4. The number of nitrogens with one attached hydrogen (secondary N) is 1. The standard InChI is InChI=1S/C15H12N2O3/c16-11-3-1-2-9(6-11)15(19)10-4-5-13-12(7-10)17-14(18)8-20-13/h1-7H,8,16H2,(H,17,18). The molecule has 0 atom stereocenters. The van der Waals surface area contributed by atoms with Crippen molar-refractivity contribution in [1.82, 2.24) is 0 Å². The largest absolute Gasteiger partial charge is 0.482 e. The molecule has 100 valence electrons. The Morgan fingerprint density at radius 3 is 2.75 bits per heavy atom. The maximum atomic E-state index is 12.4. The Kier molecular flexibility index (Phi) is 2.87. The molecular formula is C15H12N2O3. The van der Waals surface area contributed by atoms with Crippen LogP contribution >= 0.6 is 0 Å². The van der Waals surface area contributed by atoms with Crippen LogP contribution in [0.2, 0.25) is 0 Å². The second-order valence-electron chi connectivity index (χ2n) is 4.50. The van der Waals surface area contributed by atoms with Gasteiger partial charge in [0.05, 0.1) is 5.69 Å². The minimum atomic E-state index is -0.231. The van der Waals surface area contributed by atoms with E-state index in [1.54, 1.807) is 42.5 Å². The third-order valence-corrected chi connectivity index (χ3v) is 3.02. The second-order valence-corrected chi connectivity index (χ2v) is 4.50. The Labute approximate surface area is 115 Å². The Bertz CT molecular complexity index is 710. The van der Waals surface area contributed by atoms with Crippen LogP contribution in [0.5, 0.6) is 5.75 Å². The monoisotopic (exact) mass is 268 g/mol. The third-order valence-electron chi connectivity index (χ3n) is 3.02. The zero-order valence-electron chi connectivity index (χ0n) is 10.6. The summed E-state index contributed by atoms with van der Waals surface area (Å²) in [6, 6.07) is 11.7. The molecule has 20 heavy (non-hydrogen) atoms. The van der Waals surface area contributed by atoms with Gasteiger partial charge in [-0.15, -0.1) is 0 Å². The summed E-state index contributed by atoms with van der Waals surface area (Å²) >= 11 is 0. The van der Waals surface area contributed by atoms with Crippen LogP contribution in [0.15, 0.2) is 42.5 Å². The highest BCUT2D eigenvalue weighted by atomic mass is 16.5. The number of ether oxygens (including phenoxy) is 1. The summed E-state index contributed by atoms with van der Waals surface area (Å²) in [5.74, 6) is 0.180. The lowest BCUT2D eigenvalue weighted by Crippen LogP contribution is -2.25. The molecule has 1 aliphatic heterocycles. The summed E-state index contributed by atoms with van der Waals surface area (Å²) in [6.07, 6.45) is 0. The van der Waals surface area contributed by atoms with Crippen LogP contribution in [0.3, 0.4) is 0 Å². The molecule has 0 aromatic heterocycles. The molecule has 1 amide bonds. The Morgan fingerprint density at radius 1 is 1.15 bits per heavy atom. The molecule has 0 saturated carbocycles. The van der Waals surface area contributed by atoms with Crippen LogP contribution in [0, 0.1) is 0 Å². The zero-order valence-corrected chi connectivity index (χ0v) is 10.6. The van der Waals surface area contributed by atoms with Gasteiger partial charge in [-0.05, 0) is 30.3 Å².